The van der Waals surface area contributed by atoms with E-state index < -0.39 is 0 Å². The lowest BCUT2D eigenvalue weighted by atomic mass is 9.79. The number of hydrogen-bond acceptors (Lipinski definition) is 5. The van der Waals surface area contributed by atoms with E-state index >= 15 is 0 Å². The lowest BCUT2D eigenvalue weighted by Crippen LogP contribution is -2.54. The van der Waals surface area contributed by atoms with Gasteiger partial charge in [-0.1, -0.05) is 43.7 Å². The van der Waals surface area contributed by atoms with Crippen molar-refractivity contribution in [2.24, 2.45) is 0 Å². The highest BCUT2D eigenvalue weighted by Crippen LogP contribution is 2.40. The Hall–Kier alpha value is -2.60. The predicted molar refractivity (Wildman–Crippen MR) is 160 cm³/mol. The number of nitrogens with one attached hydrogen (secondary N) is 1. The first kappa shape index (κ1) is 27.0. The highest BCUT2D eigenvalue weighted by molar-refractivity contribution is 5.86. The Labute approximate surface area is 229 Å². The van der Waals surface area contributed by atoms with Crippen LogP contribution in [0.15, 0.2) is 60.7 Å². The maximum absolute atomic E-state index is 10.1. The third-order valence-electron chi connectivity index (χ3n) is 9.02. The number of anilines is 1. The number of benzene rings is 3. The summed E-state index contributed by atoms with van der Waals surface area (Å²) in [6, 6.07) is 23.5. The van der Waals surface area contributed by atoms with Gasteiger partial charge in [0.05, 0.1) is 0 Å². The van der Waals surface area contributed by atoms with Gasteiger partial charge in [-0.15, -0.1) is 0 Å². The van der Waals surface area contributed by atoms with Crippen LogP contribution < -0.4 is 10.2 Å². The van der Waals surface area contributed by atoms with Gasteiger partial charge in [0.25, 0.3) is 0 Å². The van der Waals surface area contributed by atoms with Gasteiger partial charge in [-0.05, 0) is 99.4 Å². The summed E-state index contributed by atoms with van der Waals surface area (Å²) in [5, 5.41) is 16.5. The van der Waals surface area contributed by atoms with E-state index in [1.807, 2.05) is 12.1 Å². The highest BCUT2D eigenvalue weighted by Gasteiger charge is 2.38. The molecule has 2 fully saturated rings. The second kappa shape index (κ2) is 11.3. The summed E-state index contributed by atoms with van der Waals surface area (Å²) in [7, 11) is 4.34. The molecule has 204 valence electrons. The van der Waals surface area contributed by atoms with Crippen LogP contribution in [-0.4, -0.2) is 67.3 Å². The van der Waals surface area contributed by atoms with E-state index in [2.05, 4.69) is 97.3 Å². The molecule has 3 aromatic carbocycles. The topological polar surface area (TPSA) is 42.0 Å². The third kappa shape index (κ3) is 5.42. The third-order valence-corrected chi connectivity index (χ3v) is 9.02. The first-order chi connectivity index (χ1) is 18.3. The molecule has 5 heteroatoms. The molecule has 3 atom stereocenters. The van der Waals surface area contributed by atoms with Gasteiger partial charge in [0, 0.05) is 55.5 Å². The molecule has 3 aromatic rings. The van der Waals surface area contributed by atoms with Crippen molar-refractivity contribution in [2.45, 2.75) is 70.1 Å². The summed E-state index contributed by atoms with van der Waals surface area (Å²) in [4.78, 5) is 7.57. The van der Waals surface area contributed by atoms with E-state index in [-0.39, 0.29) is 5.54 Å². The van der Waals surface area contributed by atoms with Crippen molar-refractivity contribution in [3.8, 4) is 5.75 Å². The Balaban J connectivity index is 1.34. The number of rotatable bonds is 7. The highest BCUT2D eigenvalue weighted by atomic mass is 16.3. The van der Waals surface area contributed by atoms with Gasteiger partial charge in [-0.25, -0.2) is 0 Å². The number of piperazine rings is 1. The van der Waals surface area contributed by atoms with Gasteiger partial charge in [-0.2, -0.15) is 0 Å². The van der Waals surface area contributed by atoms with E-state index in [9.17, 15) is 5.11 Å². The fourth-order valence-corrected chi connectivity index (χ4v) is 7.04. The van der Waals surface area contributed by atoms with Gasteiger partial charge >= 0.3 is 0 Å². The molecular weight excluding hydrogens is 468 g/mol. The van der Waals surface area contributed by atoms with Crippen LogP contribution in [0.2, 0.25) is 0 Å². The molecule has 2 aliphatic heterocycles. The van der Waals surface area contributed by atoms with E-state index in [1.54, 1.807) is 6.07 Å². The maximum Gasteiger partial charge on any atom is 0.115 e. The zero-order valence-corrected chi connectivity index (χ0v) is 24.0. The quantitative estimate of drug-likeness (QED) is 0.397. The number of phenolic OH excluding ortho intramolecular Hbond substituents is 1. The van der Waals surface area contributed by atoms with Gasteiger partial charge in [0.1, 0.15) is 5.75 Å². The molecule has 0 amide bonds. The molecule has 5 rings (SSSR count). The van der Waals surface area contributed by atoms with E-state index in [4.69, 9.17) is 0 Å². The van der Waals surface area contributed by atoms with Crippen molar-refractivity contribution in [3.63, 3.8) is 0 Å². The number of hydrogen-bond donors (Lipinski definition) is 2. The average Bonchev–Trinajstić information content (AvgIpc) is 2.90. The van der Waals surface area contributed by atoms with E-state index in [0.29, 0.717) is 23.9 Å². The van der Waals surface area contributed by atoms with Crippen molar-refractivity contribution in [2.75, 3.05) is 45.2 Å². The van der Waals surface area contributed by atoms with Gasteiger partial charge in [0.2, 0.25) is 0 Å². The van der Waals surface area contributed by atoms with Crippen LogP contribution in [0.5, 0.6) is 5.75 Å². The molecule has 0 bridgehead atoms. The molecule has 0 aliphatic carbocycles. The standard InChI is InChI=1S/C33H46N4O/c1-6-8-32(37-22-24(2)34-25(3)23-37)28-12-11-27-20-30(14-13-26(27)19-28)36-17-15-33(16-18-36,35(4)5)29-9-7-10-31(38)21-29/h7,9-14,19-21,24-25,32,34,38H,6,8,15-18,22-23H2,1-5H3/t24-,25+,32?. The molecule has 2 heterocycles. The Morgan fingerprint density at radius 2 is 1.63 bits per heavy atom. The molecule has 2 saturated heterocycles. The molecular formula is C33H46N4O. The molecule has 0 spiro atoms. The van der Waals surface area contributed by atoms with Crippen molar-refractivity contribution < 1.29 is 5.11 Å². The smallest absolute Gasteiger partial charge is 0.115 e. The van der Waals surface area contributed by atoms with Gasteiger partial charge < -0.3 is 15.3 Å². The Morgan fingerprint density at radius 3 is 2.29 bits per heavy atom. The van der Waals surface area contributed by atoms with Crippen molar-refractivity contribution in [3.05, 3.63) is 71.8 Å². The van der Waals surface area contributed by atoms with Crippen LogP contribution in [0.4, 0.5) is 5.69 Å². The number of fused-ring (bicyclic) bond motifs is 1. The Morgan fingerprint density at radius 1 is 0.947 bits per heavy atom. The first-order valence-electron chi connectivity index (χ1n) is 14.5. The second-order valence-electron chi connectivity index (χ2n) is 12.0. The number of piperidine rings is 1. The number of phenols is 1. The summed E-state index contributed by atoms with van der Waals surface area (Å²) in [5.74, 6) is 0.349. The lowest BCUT2D eigenvalue weighted by molar-refractivity contribution is 0.115. The molecule has 0 radical (unpaired) electrons. The summed E-state index contributed by atoms with van der Waals surface area (Å²) in [6.45, 7) is 11.1. The fourth-order valence-electron chi connectivity index (χ4n) is 7.04. The molecule has 0 saturated carbocycles. The number of aromatic hydroxyl groups is 1. The van der Waals surface area contributed by atoms with Crippen molar-refractivity contribution >= 4 is 16.5 Å². The summed E-state index contributed by atoms with van der Waals surface area (Å²) < 4.78 is 0. The monoisotopic (exact) mass is 514 g/mol. The molecule has 2 N–H and O–H groups in total. The van der Waals surface area contributed by atoms with Crippen LogP contribution in [-0.2, 0) is 5.54 Å². The normalized spacial score (nSPS) is 23.2. The summed E-state index contributed by atoms with van der Waals surface area (Å²) in [6.07, 6.45) is 4.45. The van der Waals surface area contributed by atoms with E-state index in [1.165, 1.54) is 40.4 Å². The minimum Gasteiger partial charge on any atom is -0.508 e. The minimum absolute atomic E-state index is 0.0474. The fraction of sp³-hybridized carbons (Fsp3) is 0.515. The zero-order chi connectivity index (χ0) is 26.9. The molecule has 1 unspecified atom stereocenters. The second-order valence-corrected chi connectivity index (χ2v) is 12.0. The largest absolute Gasteiger partial charge is 0.508 e. The summed E-state index contributed by atoms with van der Waals surface area (Å²) in [5.41, 5.74) is 3.92. The van der Waals surface area contributed by atoms with Crippen LogP contribution in [0.25, 0.3) is 10.8 Å². The molecule has 2 aliphatic rings. The lowest BCUT2D eigenvalue weighted by Gasteiger charge is -2.47. The number of nitrogens with zero attached hydrogens (tertiary/aromatic N) is 3. The van der Waals surface area contributed by atoms with E-state index in [0.717, 1.165) is 39.0 Å². The predicted octanol–water partition coefficient (Wildman–Crippen LogP) is 6.13. The zero-order valence-electron chi connectivity index (χ0n) is 24.0. The Kier molecular flexibility index (Phi) is 7.99. The molecule has 38 heavy (non-hydrogen) atoms. The van der Waals surface area contributed by atoms with Gasteiger partial charge in [-0.3, -0.25) is 9.80 Å². The van der Waals surface area contributed by atoms with Crippen molar-refractivity contribution in [1.29, 1.82) is 0 Å². The Bertz CT molecular complexity index is 1220. The van der Waals surface area contributed by atoms with Crippen molar-refractivity contribution in [1.82, 2.24) is 15.1 Å². The minimum atomic E-state index is -0.0474. The first-order valence-corrected chi connectivity index (χ1v) is 14.5. The van der Waals surface area contributed by atoms with Gasteiger partial charge in [0.15, 0.2) is 0 Å². The molecule has 5 nitrogen and oxygen atoms in total. The maximum atomic E-state index is 10.1. The summed E-state index contributed by atoms with van der Waals surface area (Å²) >= 11 is 0. The molecule has 0 aromatic heterocycles. The van der Waals surface area contributed by atoms with Crippen LogP contribution in [0.1, 0.15) is 63.6 Å². The van der Waals surface area contributed by atoms with Crippen LogP contribution in [0, 0.1) is 0 Å². The SMILES string of the molecule is CCCC(c1ccc2cc(N3CCC(c4cccc(O)c4)(N(C)C)CC3)ccc2c1)N1C[C@@H](C)N[C@@H](C)C1. The van der Waals surface area contributed by atoms with Crippen LogP contribution >= 0.6 is 0 Å². The average molecular weight is 515 g/mol. The van der Waals surface area contributed by atoms with Crippen LogP contribution in [0.3, 0.4) is 0 Å².